The molecule has 168 valence electrons. The summed E-state index contributed by atoms with van der Waals surface area (Å²) in [5.74, 6) is 0.681. The Labute approximate surface area is 182 Å². The smallest absolute Gasteiger partial charge is 0.269 e. The van der Waals surface area contributed by atoms with Gasteiger partial charge in [0.05, 0.1) is 11.0 Å². The summed E-state index contributed by atoms with van der Waals surface area (Å²) < 4.78 is 13.3. The number of hydrogen-bond acceptors (Lipinski definition) is 10. The third-order valence-electron chi connectivity index (χ3n) is 5.61. The Bertz CT molecular complexity index is 1150. The van der Waals surface area contributed by atoms with Crippen molar-refractivity contribution in [2.24, 2.45) is 0 Å². The molecule has 32 heavy (non-hydrogen) atoms. The third kappa shape index (κ3) is 3.72. The van der Waals surface area contributed by atoms with E-state index in [-0.39, 0.29) is 24.2 Å². The van der Waals surface area contributed by atoms with Gasteiger partial charge in [0.2, 0.25) is 11.8 Å². The van der Waals surface area contributed by atoms with Gasteiger partial charge >= 0.3 is 0 Å². The minimum Gasteiger partial charge on any atom is -0.471 e. The van der Waals surface area contributed by atoms with E-state index < -0.39 is 29.5 Å². The zero-order chi connectivity index (χ0) is 22.4. The van der Waals surface area contributed by atoms with Gasteiger partial charge in [-0.05, 0) is 37.5 Å². The van der Waals surface area contributed by atoms with Crippen LogP contribution in [0.5, 0.6) is 5.88 Å². The predicted molar refractivity (Wildman–Crippen MR) is 111 cm³/mol. The second-order valence-electron chi connectivity index (χ2n) is 8.00. The fourth-order valence-electron chi connectivity index (χ4n) is 3.65. The molecule has 3 aromatic rings. The van der Waals surface area contributed by atoms with E-state index in [0.717, 1.165) is 18.4 Å². The van der Waals surface area contributed by atoms with Gasteiger partial charge in [-0.15, -0.1) is 0 Å². The van der Waals surface area contributed by atoms with Gasteiger partial charge < -0.3 is 25.0 Å². The van der Waals surface area contributed by atoms with E-state index in [9.17, 15) is 20.3 Å². The summed E-state index contributed by atoms with van der Waals surface area (Å²) in [5.41, 5.74) is 1.50. The Morgan fingerprint density at radius 2 is 2.00 bits per heavy atom. The molecular formula is C20H22N6O6. The topological polar surface area (TPSA) is 158 Å². The van der Waals surface area contributed by atoms with Crippen LogP contribution in [0.4, 0.5) is 11.6 Å². The number of nitrogens with one attached hydrogen (secondary N) is 1. The van der Waals surface area contributed by atoms with Gasteiger partial charge in [0, 0.05) is 18.2 Å². The molecule has 2 fully saturated rings. The average molecular weight is 442 g/mol. The predicted octanol–water partition coefficient (Wildman–Crippen LogP) is 1.53. The highest BCUT2D eigenvalue weighted by atomic mass is 16.6. The van der Waals surface area contributed by atoms with Crippen LogP contribution in [0.3, 0.4) is 0 Å². The molecule has 5 rings (SSSR count). The number of ether oxygens (including phenoxy) is 2. The second-order valence-corrected chi connectivity index (χ2v) is 8.00. The molecule has 0 unspecified atom stereocenters. The maximum atomic E-state index is 10.8. The van der Waals surface area contributed by atoms with Crippen molar-refractivity contribution < 1.29 is 24.6 Å². The Balaban J connectivity index is 1.47. The highest BCUT2D eigenvalue weighted by Gasteiger charge is 2.43. The summed E-state index contributed by atoms with van der Waals surface area (Å²) in [5, 5.41) is 34.9. The quantitative estimate of drug-likeness (QED) is 0.362. The number of rotatable bonds is 7. The van der Waals surface area contributed by atoms with Crippen molar-refractivity contribution in [3.8, 4) is 5.88 Å². The highest BCUT2D eigenvalue weighted by molar-refractivity contribution is 5.79. The fourth-order valence-corrected chi connectivity index (χ4v) is 3.65. The number of imidazole rings is 1. The van der Waals surface area contributed by atoms with E-state index in [4.69, 9.17) is 9.47 Å². The van der Waals surface area contributed by atoms with Crippen LogP contribution in [0.2, 0.25) is 0 Å². The van der Waals surface area contributed by atoms with E-state index >= 15 is 0 Å². The zero-order valence-corrected chi connectivity index (χ0v) is 17.2. The van der Waals surface area contributed by atoms with Crippen LogP contribution in [-0.2, 0) is 11.3 Å². The van der Waals surface area contributed by atoms with Crippen LogP contribution in [0, 0.1) is 10.1 Å². The highest BCUT2D eigenvalue weighted by Crippen LogP contribution is 2.37. The summed E-state index contributed by atoms with van der Waals surface area (Å²) in [6, 6.07) is 6.31. The summed E-state index contributed by atoms with van der Waals surface area (Å²) in [7, 11) is 0. The van der Waals surface area contributed by atoms with Crippen molar-refractivity contribution in [3.63, 3.8) is 0 Å². The molecule has 0 bridgehead atoms. The summed E-state index contributed by atoms with van der Waals surface area (Å²) in [6.45, 7) is 1.81. The Kier molecular flexibility index (Phi) is 5.12. The number of aromatic nitrogens is 4. The number of nitro benzene ring substituents is 1. The first-order chi connectivity index (χ1) is 15.4. The number of aliphatic hydroxyl groups excluding tert-OH is 2. The van der Waals surface area contributed by atoms with Crippen LogP contribution in [-0.4, -0.2) is 59.0 Å². The van der Waals surface area contributed by atoms with Gasteiger partial charge in [0.25, 0.3) is 5.69 Å². The molecule has 0 spiro atoms. The summed E-state index contributed by atoms with van der Waals surface area (Å²) in [6.07, 6.45) is -0.276. The Morgan fingerprint density at radius 1 is 1.25 bits per heavy atom. The van der Waals surface area contributed by atoms with Crippen molar-refractivity contribution in [2.45, 2.75) is 57.0 Å². The van der Waals surface area contributed by atoms with Crippen LogP contribution in [0.25, 0.3) is 11.2 Å². The SMILES string of the molecule is C[C@H]1O[C@@H](n2c(NC3CC3)nc3c(OCc4ccc([N+](=O)[O-])cc4)ncnc32)[C@H](O)[C@@H]1O. The molecule has 2 aromatic heterocycles. The molecule has 2 aliphatic rings. The lowest BCUT2D eigenvalue weighted by Gasteiger charge is -2.19. The fraction of sp³-hybridized carbons (Fsp3) is 0.450. The number of nitro groups is 1. The summed E-state index contributed by atoms with van der Waals surface area (Å²) in [4.78, 5) is 23.5. The lowest BCUT2D eigenvalue weighted by molar-refractivity contribution is -0.384. The maximum absolute atomic E-state index is 10.8. The van der Waals surface area contributed by atoms with Crippen molar-refractivity contribution in [3.05, 3.63) is 46.3 Å². The molecule has 1 saturated heterocycles. The first kappa shape index (κ1) is 20.5. The number of anilines is 1. The molecule has 1 aliphatic carbocycles. The number of aliphatic hydroxyl groups is 2. The monoisotopic (exact) mass is 442 g/mol. The molecule has 3 heterocycles. The van der Waals surface area contributed by atoms with E-state index in [2.05, 4.69) is 20.3 Å². The van der Waals surface area contributed by atoms with Gasteiger partial charge in [0.1, 0.15) is 25.1 Å². The van der Waals surface area contributed by atoms with Crippen LogP contribution >= 0.6 is 0 Å². The average Bonchev–Trinajstić information content (AvgIpc) is 3.48. The van der Waals surface area contributed by atoms with Gasteiger partial charge in [-0.25, -0.2) is 9.97 Å². The lowest BCUT2D eigenvalue weighted by Crippen LogP contribution is -2.31. The van der Waals surface area contributed by atoms with Crippen molar-refractivity contribution in [2.75, 3.05) is 5.32 Å². The summed E-state index contributed by atoms with van der Waals surface area (Å²) >= 11 is 0. The van der Waals surface area contributed by atoms with Crippen molar-refractivity contribution in [1.29, 1.82) is 0 Å². The molecule has 1 aliphatic heterocycles. The molecule has 12 heteroatoms. The molecule has 3 N–H and O–H groups in total. The maximum Gasteiger partial charge on any atom is 0.269 e. The van der Waals surface area contributed by atoms with Crippen molar-refractivity contribution in [1.82, 2.24) is 19.5 Å². The minimum atomic E-state index is -1.15. The van der Waals surface area contributed by atoms with Crippen LogP contribution in [0.1, 0.15) is 31.6 Å². The normalized spacial score (nSPS) is 25.2. The van der Waals surface area contributed by atoms with Crippen molar-refractivity contribution >= 4 is 22.8 Å². The van der Waals surface area contributed by atoms with E-state index in [1.807, 2.05) is 0 Å². The number of benzene rings is 1. The standard InChI is InChI=1S/C20H22N6O6/c1-10-15(27)16(28)19(32-10)25-17-14(24-20(25)23-12-4-5-12)18(22-9-21-17)31-8-11-2-6-13(7-3-11)26(29)30/h2-3,6-7,9-10,12,15-16,19,27-28H,4-5,8H2,1H3,(H,23,24)/t10-,15-,16-,19-/m1/s1. The number of fused-ring (bicyclic) bond motifs is 1. The lowest BCUT2D eigenvalue weighted by atomic mass is 10.1. The third-order valence-corrected chi connectivity index (χ3v) is 5.61. The van der Waals surface area contributed by atoms with Gasteiger partial charge in [-0.2, -0.15) is 4.98 Å². The number of nitrogens with zero attached hydrogens (tertiary/aromatic N) is 5. The number of non-ortho nitro benzene ring substituents is 1. The molecule has 0 amide bonds. The Morgan fingerprint density at radius 3 is 2.62 bits per heavy atom. The number of hydrogen-bond donors (Lipinski definition) is 3. The van der Waals surface area contributed by atoms with Gasteiger partial charge in [0.15, 0.2) is 17.4 Å². The first-order valence-electron chi connectivity index (χ1n) is 10.3. The Hall–Kier alpha value is -3.35. The molecule has 1 aromatic carbocycles. The molecular weight excluding hydrogens is 420 g/mol. The first-order valence-corrected chi connectivity index (χ1v) is 10.3. The molecule has 1 saturated carbocycles. The van der Waals surface area contributed by atoms with Gasteiger partial charge in [-0.1, -0.05) is 0 Å². The molecule has 4 atom stereocenters. The molecule has 12 nitrogen and oxygen atoms in total. The van der Waals surface area contributed by atoms with Gasteiger partial charge in [-0.3, -0.25) is 14.7 Å². The zero-order valence-electron chi connectivity index (χ0n) is 17.2. The van der Waals surface area contributed by atoms with Crippen LogP contribution < -0.4 is 10.1 Å². The second kappa shape index (κ2) is 7.97. The van der Waals surface area contributed by atoms with E-state index in [1.165, 1.54) is 18.5 Å². The van der Waals surface area contributed by atoms with E-state index in [1.54, 1.807) is 23.6 Å². The minimum absolute atomic E-state index is 0.000695. The van der Waals surface area contributed by atoms with Crippen LogP contribution in [0.15, 0.2) is 30.6 Å². The van der Waals surface area contributed by atoms with E-state index in [0.29, 0.717) is 17.1 Å². The molecule has 0 radical (unpaired) electrons. The largest absolute Gasteiger partial charge is 0.471 e.